The number of carbonyl (C=O) groups is 1. The van der Waals surface area contributed by atoms with Gasteiger partial charge in [-0.3, -0.25) is 4.79 Å². The number of carbonyl (C=O) groups excluding carboxylic acids is 1. The van der Waals surface area contributed by atoms with Crippen LogP contribution in [-0.4, -0.2) is 37.0 Å². The first-order chi connectivity index (χ1) is 10.3. The molecular weight excluding hydrogens is 260 g/mol. The molecule has 2 aliphatic heterocycles. The number of nitrogens with zero attached hydrogens (tertiary/aromatic N) is 1. The van der Waals surface area contributed by atoms with E-state index in [-0.39, 0.29) is 5.92 Å². The van der Waals surface area contributed by atoms with Crippen LogP contribution in [-0.2, 0) is 11.2 Å². The summed E-state index contributed by atoms with van der Waals surface area (Å²) >= 11 is 0. The monoisotopic (exact) mass is 286 g/mol. The molecule has 0 aromatic heterocycles. The fraction of sp³-hybridized carbons (Fsp3) is 0.611. The smallest absolute Gasteiger partial charge is 0.225 e. The maximum atomic E-state index is 12.5. The van der Waals surface area contributed by atoms with Crippen LogP contribution in [0, 0.1) is 11.8 Å². The maximum Gasteiger partial charge on any atom is 0.225 e. The Labute approximate surface area is 127 Å². The van der Waals surface area contributed by atoms with Crippen LogP contribution >= 0.6 is 0 Å². The van der Waals surface area contributed by atoms with E-state index < -0.39 is 0 Å². The molecule has 1 aromatic rings. The van der Waals surface area contributed by atoms with Crippen LogP contribution in [0.25, 0.3) is 0 Å². The Bertz CT molecular complexity index is 446. The third-order valence-corrected chi connectivity index (χ3v) is 4.98. The van der Waals surface area contributed by atoms with Crippen LogP contribution in [0.5, 0.6) is 0 Å². The quantitative estimate of drug-likeness (QED) is 0.926. The van der Waals surface area contributed by atoms with Gasteiger partial charge in [-0.1, -0.05) is 30.3 Å². The van der Waals surface area contributed by atoms with Gasteiger partial charge < -0.3 is 10.2 Å². The highest BCUT2D eigenvalue weighted by molar-refractivity contribution is 5.79. The molecule has 0 atom stereocenters. The fourth-order valence-electron chi connectivity index (χ4n) is 3.63. The van der Waals surface area contributed by atoms with Crippen LogP contribution in [0.4, 0.5) is 0 Å². The van der Waals surface area contributed by atoms with Crippen molar-refractivity contribution in [2.24, 2.45) is 11.8 Å². The normalized spacial score (nSPS) is 21.4. The van der Waals surface area contributed by atoms with Crippen molar-refractivity contribution in [3.8, 4) is 0 Å². The number of benzene rings is 1. The molecule has 0 aliphatic carbocycles. The molecule has 0 spiro atoms. The van der Waals surface area contributed by atoms with Crippen LogP contribution in [0.1, 0.15) is 31.2 Å². The van der Waals surface area contributed by atoms with Crippen molar-refractivity contribution in [3.05, 3.63) is 35.9 Å². The van der Waals surface area contributed by atoms with Gasteiger partial charge in [-0.05, 0) is 56.7 Å². The first-order valence-corrected chi connectivity index (χ1v) is 8.36. The third-order valence-electron chi connectivity index (χ3n) is 4.98. The van der Waals surface area contributed by atoms with Crippen molar-refractivity contribution in [2.45, 2.75) is 32.1 Å². The van der Waals surface area contributed by atoms with Crippen molar-refractivity contribution >= 4 is 5.91 Å². The van der Waals surface area contributed by atoms with E-state index >= 15 is 0 Å². The molecule has 2 heterocycles. The van der Waals surface area contributed by atoms with Gasteiger partial charge in [0.15, 0.2) is 0 Å². The van der Waals surface area contributed by atoms with Crippen LogP contribution in [0.2, 0.25) is 0 Å². The molecule has 21 heavy (non-hydrogen) atoms. The lowest BCUT2D eigenvalue weighted by Gasteiger charge is -2.35. The molecule has 1 N–H and O–H groups in total. The summed E-state index contributed by atoms with van der Waals surface area (Å²) in [5.41, 5.74) is 1.43. The van der Waals surface area contributed by atoms with E-state index in [0.29, 0.717) is 5.91 Å². The van der Waals surface area contributed by atoms with Crippen molar-refractivity contribution in [1.82, 2.24) is 10.2 Å². The first-order valence-electron chi connectivity index (χ1n) is 8.36. The minimum atomic E-state index is 0.275. The molecular formula is C18H26N2O. The molecule has 1 amide bonds. The molecule has 3 heteroatoms. The van der Waals surface area contributed by atoms with E-state index in [2.05, 4.69) is 40.5 Å². The predicted molar refractivity (Wildman–Crippen MR) is 85.0 cm³/mol. The van der Waals surface area contributed by atoms with Gasteiger partial charge in [-0.15, -0.1) is 0 Å². The Balaban J connectivity index is 1.47. The highest BCUT2D eigenvalue weighted by Crippen LogP contribution is 2.24. The number of hydrogen-bond acceptors (Lipinski definition) is 2. The SMILES string of the molecule is O=C(C1CCNCC1)N1CCC(Cc2ccccc2)CC1. The standard InChI is InChI=1S/C18H26N2O/c21-18(17-6-10-19-11-7-17)20-12-8-16(9-13-20)14-15-4-2-1-3-5-15/h1-5,16-17,19H,6-14H2. The third kappa shape index (κ3) is 3.85. The Morgan fingerprint density at radius 1 is 1.05 bits per heavy atom. The zero-order valence-electron chi connectivity index (χ0n) is 12.8. The van der Waals surface area contributed by atoms with Gasteiger partial charge in [0.1, 0.15) is 0 Å². The predicted octanol–water partition coefficient (Wildman–Crippen LogP) is 2.47. The Morgan fingerprint density at radius 3 is 2.38 bits per heavy atom. The number of nitrogens with one attached hydrogen (secondary N) is 1. The molecule has 2 saturated heterocycles. The molecule has 2 fully saturated rings. The van der Waals surface area contributed by atoms with E-state index in [1.807, 2.05) is 0 Å². The molecule has 0 radical (unpaired) electrons. The maximum absolute atomic E-state index is 12.5. The van der Waals surface area contributed by atoms with Gasteiger partial charge in [-0.2, -0.15) is 0 Å². The molecule has 0 saturated carbocycles. The number of amides is 1. The number of rotatable bonds is 3. The summed E-state index contributed by atoms with van der Waals surface area (Å²) in [6.07, 6.45) is 5.51. The van der Waals surface area contributed by atoms with Crippen LogP contribution < -0.4 is 5.32 Å². The van der Waals surface area contributed by atoms with Crippen molar-refractivity contribution in [1.29, 1.82) is 0 Å². The highest BCUT2D eigenvalue weighted by atomic mass is 16.2. The molecule has 1 aromatic carbocycles. The van der Waals surface area contributed by atoms with Crippen LogP contribution in [0.15, 0.2) is 30.3 Å². The molecule has 0 unspecified atom stereocenters. The van der Waals surface area contributed by atoms with Gasteiger partial charge >= 0.3 is 0 Å². The summed E-state index contributed by atoms with van der Waals surface area (Å²) in [5, 5.41) is 3.34. The zero-order valence-corrected chi connectivity index (χ0v) is 12.8. The molecule has 3 nitrogen and oxygen atoms in total. The number of piperidine rings is 2. The minimum Gasteiger partial charge on any atom is -0.342 e. The topological polar surface area (TPSA) is 32.3 Å². The summed E-state index contributed by atoms with van der Waals surface area (Å²) < 4.78 is 0. The van der Waals surface area contributed by atoms with E-state index in [4.69, 9.17) is 0 Å². The second-order valence-electron chi connectivity index (χ2n) is 6.48. The number of likely N-dealkylation sites (tertiary alicyclic amines) is 1. The lowest BCUT2D eigenvalue weighted by atomic mass is 9.89. The summed E-state index contributed by atoms with van der Waals surface area (Å²) in [6.45, 7) is 3.92. The van der Waals surface area contributed by atoms with E-state index in [0.717, 1.165) is 64.2 Å². The highest BCUT2D eigenvalue weighted by Gasteiger charge is 2.28. The number of hydrogen-bond donors (Lipinski definition) is 1. The fourth-order valence-corrected chi connectivity index (χ4v) is 3.63. The summed E-state index contributed by atoms with van der Waals surface area (Å²) in [7, 11) is 0. The summed E-state index contributed by atoms with van der Waals surface area (Å²) in [5.74, 6) is 1.43. The molecule has 114 valence electrons. The molecule has 0 bridgehead atoms. The summed E-state index contributed by atoms with van der Waals surface area (Å²) in [4.78, 5) is 14.6. The van der Waals surface area contributed by atoms with Gasteiger partial charge in [0.2, 0.25) is 5.91 Å². The minimum absolute atomic E-state index is 0.275. The van der Waals surface area contributed by atoms with E-state index in [1.165, 1.54) is 5.56 Å². The van der Waals surface area contributed by atoms with Gasteiger partial charge in [0, 0.05) is 19.0 Å². The van der Waals surface area contributed by atoms with E-state index in [1.54, 1.807) is 0 Å². The average Bonchev–Trinajstić information content (AvgIpc) is 2.57. The lowest BCUT2D eigenvalue weighted by Crippen LogP contribution is -2.44. The molecule has 3 rings (SSSR count). The van der Waals surface area contributed by atoms with Gasteiger partial charge in [-0.25, -0.2) is 0 Å². The Kier molecular flexibility index (Phi) is 4.91. The van der Waals surface area contributed by atoms with Crippen LogP contribution in [0.3, 0.4) is 0 Å². The van der Waals surface area contributed by atoms with Crippen molar-refractivity contribution in [2.75, 3.05) is 26.2 Å². The summed E-state index contributed by atoms with van der Waals surface area (Å²) in [6, 6.07) is 10.7. The second kappa shape index (κ2) is 7.08. The first kappa shape index (κ1) is 14.6. The van der Waals surface area contributed by atoms with Gasteiger partial charge in [0.25, 0.3) is 0 Å². The van der Waals surface area contributed by atoms with E-state index in [9.17, 15) is 4.79 Å². The lowest BCUT2D eigenvalue weighted by molar-refractivity contribution is -0.137. The Morgan fingerprint density at radius 2 is 1.71 bits per heavy atom. The largest absolute Gasteiger partial charge is 0.342 e. The average molecular weight is 286 g/mol. The second-order valence-corrected chi connectivity index (χ2v) is 6.48. The van der Waals surface area contributed by atoms with Crippen molar-refractivity contribution < 1.29 is 4.79 Å². The van der Waals surface area contributed by atoms with Gasteiger partial charge in [0.05, 0.1) is 0 Å². The zero-order chi connectivity index (χ0) is 14.5. The van der Waals surface area contributed by atoms with Crippen molar-refractivity contribution in [3.63, 3.8) is 0 Å². The Hall–Kier alpha value is -1.35. The molecule has 2 aliphatic rings.